The number of hydrogen-bond acceptors (Lipinski definition) is 10. The molecule has 6 rings (SSSR count). The third-order valence-electron chi connectivity index (χ3n) is 8.35. The third-order valence-corrected chi connectivity index (χ3v) is 8.35. The van der Waals surface area contributed by atoms with E-state index in [1.165, 1.54) is 13.1 Å². The summed E-state index contributed by atoms with van der Waals surface area (Å²) in [5.74, 6) is 0.757. The topological polar surface area (TPSA) is 144 Å². The number of likely N-dealkylation sites (tertiary alicyclic amines) is 2. The monoisotopic (exact) mass is 698 g/mol. The van der Waals surface area contributed by atoms with Crippen LogP contribution in [0.1, 0.15) is 42.3 Å². The van der Waals surface area contributed by atoms with Crippen molar-refractivity contribution in [3.8, 4) is 11.5 Å². The van der Waals surface area contributed by atoms with Crippen LogP contribution in [0.15, 0.2) is 97.3 Å². The molecule has 4 heterocycles. The predicted molar refractivity (Wildman–Crippen MR) is 184 cm³/mol. The molecule has 13 heteroatoms. The number of amides is 2. The quantitative estimate of drug-likeness (QED) is 0.0822. The average Bonchev–Trinajstić information content (AvgIpc) is 3.11. The lowest BCUT2D eigenvalue weighted by Crippen LogP contribution is -2.54. The van der Waals surface area contributed by atoms with Gasteiger partial charge in [0.05, 0.1) is 24.0 Å². The average molecular weight is 699 g/mol. The van der Waals surface area contributed by atoms with Gasteiger partial charge in [-0.15, -0.1) is 0 Å². The first-order chi connectivity index (χ1) is 24.7. The number of pyridine rings is 2. The first-order valence-corrected chi connectivity index (χ1v) is 16.7. The minimum atomic E-state index is -0.346. The molecule has 2 aliphatic rings. The van der Waals surface area contributed by atoms with Gasteiger partial charge in [0.2, 0.25) is 6.20 Å². The standard InChI is InChI=1S/C20H22N2O5.C18H20N2O4/c1-15(23)25-13-17-7-8-19(11-21-17)26-14-18-9-10-22(18)20(24)27-12-16-5-3-2-4-6-16;1-14-7-8-17(11-20(14)22)23-13-16-9-10-19(16)18(21)24-12-15-5-3-2-4-6-15/h2-8,11,18H,9-10,12-14H2,1H3;2-8,11,16H,9-10,12-13H2,1H3/t18-;16-/m11/s1. The van der Waals surface area contributed by atoms with Crippen LogP contribution in [0.4, 0.5) is 9.59 Å². The summed E-state index contributed by atoms with van der Waals surface area (Å²) in [4.78, 5) is 42.6. The second-order valence-corrected chi connectivity index (χ2v) is 12.1. The van der Waals surface area contributed by atoms with Crippen molar-refractivity contribution in [2.24, 2.45) is 0 Å². The van der Waals surface area contributed by atoms with Gasteiger partial charge in [0, 0.05) is 33.0 Å². The van der Waals surface area contributed by atoms with Gasteiger partial charge in [0.25, 0.3) is 0 Å². The molecule has 4 aromatic rings. The van der Waals surface area contributed by atoms with E-state index in [0.717, 1.165) is 28.7 Å². The smallest absolute Gasteiger partial charge is 0.410 e. The molecule has 268 valence electrons. The molecule has 0 radical (unpaired) electrons. The SMILES string of the molecule is CC(=O)OCc1ccc(OC[C@H]2CCN2C(=O)OCc2ccccc2)cn1.Cc1ccc(OC[C@H]2CCN2C(=O)OCc2ccccc2)c[n+]1[O-]. The van der Waals surface area contributed by atoms with Crippen molar-refractivity contribution in [3.63, 3.8) is 0 Å². The fourth-order valence-corrected chi connectivity index (χ4v) is 5.08. The zero-order valence-corrected chi connectivity index (χ0v) is 28.7. The van der Waals surface area contributed by atoms with Crippen LogP contribution >= 0.6 is 0 Å². The first kappa shape index (κ1) is 36.4. The highest BCUT2D eigenvalue weighted by atomic mass is 16.6. The number of carbonyl (C=O) groups is 3. The molecule has 0 spiro atoms. The van der Waals surface area contributed by atoms with Crippen molar-refractivity contribution in [1.82, 2.24) is 14.8 Å². The van der Waals surface area contributed by atoms with Crippen molar-refractivity contribution < 1.29 is 42.8 Å². The number of hydrogen-bond donors (Lipinski definition) is 0. The summed E-state index contributed by atoms with van der Waals surface area (Å²) in [6.45, 7) is 5.81. The van der Waals surface area contributed by atoms with Gasteiger partial charge >= 0.3 is 18.2 Å². The van der Waals surface area contributed by atoms with E-state index in [9.17, 15) is 19.6 Å². The Bertz CT molecular complexity index is 1720. The minimum Gasteiger partial charge on any atom is -0.618 e. The predicted octanol–water partition coefficient (Wildman–Crippen LogP) is 5.35. The van der Waals surface area contributed by atoms with Gasteiger partial charge in [-0.05, 0) is 42.2 Å². The highest BCUT2D eigenvalue weighted by molar-refractivity contribution is 5.69. The van der Waals surface area contributed by atoms with Crippen LogP contribution in [-0.2, 0) is 38.8 Å². The normalized spacial score (nSPS) is 16.0. The minimum absolute atomic E-state index is 0.00556. The van der Waals surface area contributed by atoms with Gasteiger partial charge in [-0.3, -0.25) is 9.78 Å². The molecular formula is C38H42N4O9. The van der Waals surface area contributed by atoms with E-state index >= 15 is 0 Å². The van der Waals surface area contributed by atoms with Crippen molar-refractivity contribution in [3.05, 3.63) is 125 Å². The zero-order valence-electron chi connectivity index (χ0n) is 28.7. The second kappa shape index (κ2) is 18.2. The zero-order chi connectivity index (χ0) is 36.0. The van der Waals surface area contributed by atoms with Crippen LogP contribution in [0.3, 0.4) is 0 Å². The number of benzene rings is 2. The van der Waals surface area contributed by atoms with Crippen molar-refractivity contribution in [2.75, 3.05) is 26.3 Å². The molecule has 2 fully saturated rings. The Balaban J connectivity index is 0.000000199. The van der Waals surface area contributed by atoms with Gasteiger partial charge in [0.1, 0.15) is 38.8 Å². The van der Waals surface area contributed by atoms with Crippen LogP contribution in [0.5, 0.6) is 11.5 Å². The Morgan fingerprint density at radius 3 is 1.71 bits per heavy atom. The Labute approximate surface area is 296 Å². The molecule has 2 saturated heterocycles. The van der Waals surface area contributed by atoms with Crippen molar-refractivity contribution in [1.29, 1.82) is 0 Å². The molecular weight excluding hydrogens is 656 g/mol. The van der Waals surface area contributed by atoms with E-state index in [-0.39, 0.29) is 50.1 Å². The van der Waals surface area contributed by atoms with Crippen molar-refractivity contribution in [2.45, 2.75) is 58.6 Å². The molecule has 0 unspecified atom stereocenters. The number of aromatic nitrogens is 2. The van der Waals surface area contributed by atoms with E-state index in [2.05, 4.69) is 4.98 Å². The number of rotatable bonds is 12. The van der Waals surface area contributed by atoms with Crippen LogP contribution < -0.4 is 14.2 Å². The highest BCUT2D eigenvalue weighted by Gasteiger charge is 2.35. The number of esters is 1. The summed E-state index contributed by atoms with van der Waals surface area (Å²) < 4.78 is 27.7. The van der Waals surface area contributed by atoms with Gasteiger partial charge in [0.15, 0.2) is 11.4 Å². The van der Waals surface area contributed by atoms with Gasteiger partial charge in [-0.25, -0.2) is 9.59 Å². The Morgan fingerprint density at radius 1 is 0.725 bits per heavy atom. The summed E-state index contributed by atoms with van der Waals surface area (Å²) in [7, 11) is 0. The Hall–Kier alpha value is -5.85. The number of ether oxygens (including phenoxy) is 5. The molecule has 13 nitrogen and oxygen atoms in total. The van der Waals surface area contributed by atoms with Gasteiger partial charge in [-0.2, -0.15) is 4.73 Å². The Morgan fingerprint density at radius 2 is 1.25 bits per heavy atom. The van der Waals surface area contributed by atoms with Crippen LogP contribution in [-0.4, -0.2) is 71.3 Å². The fraction of sp³-hybridized carbons (Fsp3) is 0.342. The maximum absolute atomic E-state index is 12.2. The molecule has 0 aliphatic carbocycles. The summed E-state index contributed by atoms with van der Waals surface area (Å²) in [6.07, 6.45) is 4.05. The van der Waals surface area contributed by atoms with Crippen LogP contribution in [0, 0.1) is 12.1 Å². The van der Waals surface area contributed by atoms with E-state index in [1.54, 1.807) is 47.2 Å². The molecule has 51 heavy (non-hydrogen) atoms. The van der Waals surface area contributed by atoms with E-state index in [1.807, 2.05) is 60.7 Å². The van der Waals surface area contributed by atoms with Crippen molar-refractivity contribution >= 4 is 18.2 Å². The first-order valence-electron chi connectivity index (χ1n) is 16.7. The lowest BCUT2D eigenvalue weighted by Gasteiger charge is -2.39. The maximum atomic E-state index is 12.2. The lowest BCUT2D eigenvalue weighted by molar-refractivity contribution is -0.612. The van der Waals surface area contributed by atoms with E-state index < -0.39 is 0 Å². The molecule has 2 atom stereocenters. The van der Waals surface area contributed by atoms with Gasteiger partial charge < -0.3 is 38.7 Å². The molecule has 2 aromatic carbocycles. The molecule has 2 aliphatic heterocycles. The van der Waals surface area contributed by atoms with Crippen LogP contribution in [0.2, 0.25) is 0 Å². The molecule has 0 saturated carbocycles. The summed E-state index contributed by atoms with van der Waals surface area (Å²) >= 11 is 0. The van der Waals surface area contributed by atoms with E-state index in [4.69, 9.17) is 23.7 Å². The number of nitrogens with zero attached hydrogens (tertiary/aromatic N) is 4. The summed E-state index contributed by atoms with van der Waals surface area (Å²) in [5.41, 5.74) is 3.17. The second-order valence-electron chi connectivity index (χ2n) is 12.1. The molecule has 0 N–H and O–H groups in total. The summed E-state index contributed by atoms with van der Waals surface area (Å²) in [6, 6.07) is 26.1. The molecule has 2 aromatic heterocycles. The van der Waals surface area contributed by atoms with Gasteiger partial charge in [-0.1, -0.05) is 60.7 Å². The largest absolute Gasteiger partial charge is 0.618 e. The highest BCUT2D eigenvalue weighted by Crippen LogP contribution is 2.22. The maximum Gasteiger partial charge on any atom is 0.410 e. The van der Waals surface area contributed by atoms with Crippen LogP contribution in [0.25, 0.3) is 0 Å². The fourth-order valence-electron chi connectivity index (χ4n) is 5.08. The van der Waals surface area contributed by atoms with E-state index in [0.29, 0.717) is 49.2 Å². The third kappa shape index (κ3) is 11.1. The Kier molecular flexibility index (Phi) is 13.0. The molecule has 2 amide bonds. The number of carbonyl (C=O) groups excluding carboxylic acids is 3. The molecule has 0 bridgehead atoms. The lowest BCUT2D eigenvalue weighted by atomic mass is 10.1. The number of aryl methyl sites for hydroxylation is 1. The summed E-state index contributed by atoms with van der Waals surface area (Å²) in [5, 5.41) is 11.5.